The van der Waals surface area contributed by atoms with Crippen LogP contribution in [0, 0.1) is 17.8 Å². The monoisotopic (exact) mass is 685 g/mol. The minimum absolute atomic E-state index is 0.0102. The van der Waals surface area contributed by atoms with Crippen molar-refractivity contribution in [3.8, 4) is 17.6 Å². The second-order valence-corrected chi connectivity index (χ2v) is 12.5. The lowest BCUT2D eigenvalue weighted by atomic mass is 9.82. The van der Waals surface area contributed by atoms with Crippen LogP contribution in [0.15, 0.2) is 36.4 Å². The lowest BCUT2D eigenvalue weighted by Gasteiger charge is -2.31. The predicted molar refractivity (Wildman–Crippen MR) is 190 cm³/mol. The molecule has 0 fully saturated rings. The summed E-state index contributed by atoms with van der Waals surface area (Å²) in [6.45, 7) is 3.82. The molecule has 0 spiro atoms. The van der Waals surface area contributed by atoms with Crippen LogP contribution in [-0.4, -0.2) is 77.3 Å². The van der Waals surface area contributed by atoms with Gasteiger partial charge in [-0.2, -0.15) is 0 Å². The van der Waals surface area contributed by atoms with Crippen molar-refractivity contribution >= 4 is 23.4 Å². The van der Waals surface area contributed by atoms with E-state index in [-0.39, 0.29) is 51.3 Å². The number of hydrogen-bond acceptors (Lipinski definition) is 8. The molecule has 10 heteroatoms. The predicted octanol–water partition coefficient (Wildman–Crippen LogP) is 5.75. The molecule has 0 aromatic heterocycles. The lowest BCUT2D eigenvalue weighted by molar-refractivity contribution is -0.168. The molecule has 0 saturated carbocycles. The molecule has 0 unspecified atom stereocenters. The standard InChI is InChI=1S/C39H59NO9/c1-4-6-8-11-14-18-32(42)19-15-12-9-10-13-16-20-34(39(47,38(45)46)26-29-48-3)37(44)40-35(36(43)21-17-27-41)30-31-22-24-33(25-23-31)49-28-7-5-2/h16,20,22-25,34-35,41,47H,4,6,8-15,17-19,21,26-30H2,1-3H3,(H,40,44)(H,45,46)/b20-16+/t34-,35+,39+/m1/s1. The summed E-state index contributed by atoms with van der Waals surface area (Å²) < 4.78 is 10.6. The van der Waals surface area contributed by atoms with Crippen LogP contribution in [0.3, 0.4) is 0 Å². The fraction of sp³-hybridized carbons (Fsp3) is 0.641. The molecule has 1 aromatic carbocycles. The molecule has 49 heavy (non-hydrogen) atoms. The first-order chi connectivity index (χ1) is 23.6. The summed E-state index contributed by atoms with van der Waals surface area (Å²) in [6, 6.07) is 5.97. The van der Waals surface area contributed by atoms with Gasteiger partial charge in [-0.3, -0.25) is 14.4 Å². The number of Topliss-reactive ketones (excluding diaryl/α,β-unsaturated/α-hetero) is 2. The second kappa shape index (κ2) is 26.4. The maximum Gasteiger partial charge on any atom is 0.336 e. The van der Waals surface area contributed by atoms with Gasteiger partial charge < -0.3 is 30.1 Å². The van der Waals surface area contributed by atoms with Crippen molar-refractivity contribution in [3.63, 3.8) is 0 Å². The van der Waals surface area contributed by atoms with Gasteiger partial charge in [0.05, 0.1) is 12.0 Å². The van der Waals surface area contributed by atoms with Gasteiger partial charge in [0.25, 0.3) is 0 Å². The van der Waals surface area contributed by atoms with Crippen LogP contribution in [0.5, 0.6) is 5.75 Å². The number of carbonyl (C=O) groups excluding carboxylic acids is 3. The Morgan fingerprint density at radius 3 is 2.18 bits per heavy atom. The zero-order chi connectivity index (χ0) is 36.3. The molecule has 3 atom stereocenters. The lowest BCUT2D eigenvalue weighted by Crippen LogP contribution is -2.55. The number of aliphatic carboxylic acids is 1. The largest absolute Gasteiger partial charge is 0.481 e. The Morgan fingerprint density at radius 1 is 0.939 bits per heavy atom. The van der Waals surface area contributed by atoms with Crippen molar-refractivity contribution in [2.45, 2.75) is 128 Å². The number of benzene rings is 1. The molecule has 10 nitrogen and oxygen atoms in total. The molecule has 0 radical (unpaired) electrons. The number of methoxy groups -OCH3 is 1. The SMILES string of the molecule is CC#CCOc1ccc(C[C@H](NC(=O)[C@@H](/C=C/CCCCCCC(=O)CCCCCCC)[C@@](O)(CCOC)C(=O)O)C(=O)CCCO)cc1. The third-order valence-corrected chi connectivity index (χ3v) is 8.46. The van der Waals surface area contributed by atoms with Gasteiger partial charge in [-0.05, 0) is 63.1 Å². The normalized spacial score (nSPS) is 13.6. The second-order valence-electron chi connectivity index (χ2n) is 12.5. The molecule has 1 aromatic rings. The van der Waals surface area contributed by atoms with E-state index < -0.39 is 29.4 Å². The number of carbonyl (C=O) groups is 4. The Bertz CT molecular complexity index is 1200. The number of aliphatic hydroxyl groups is 2. The number of ketones is 2. The van der Waals surface area contributed by atoms with Gasteiger partial charge in [0.15, 0.2) is 11.4 Å². The first kappa shape index (κ1) is 43.5. The molecule has 1 amide bonds. The van der Waals surface area contributed by atoms with Gasteiger partial charge in [-0.15, -0.1) is 5.92 Å². The fourth-order valence-electron chi connectivity index (χ4n) is 5.42. The summed E-state index contributed by atoms with van der Waals surface area (Å²) >= 11 is 0. The number of unbranched alkanes of at least 4 members (excludes halogenated alkanes) is 8. The fourth-order valence-corrected chi connectivity index (χ4v) is 5.42. The molecular weight excluding hydrogens is 626 g/mol. The Kier molecular flexibility index (Phi) is 23.4. The van der Waals surface area contributed by atoms with E-state index in [0.29, 0.717) is 30.8 Å². The minimum Gasteiger partial charge on any atom is -0.481 e. The number of carboxylic acid groups (broad SMARTS) is 1. The number of carboxylic acids is 1. The molecule has 0 aliphatic heterocycles. The number of aliphatic hydroxyl groups excluding tert-OH is 1. The molecule has 1 rings (SSSR count). The third-order valence-electron chi connectivity index (χ3n) is 8.46. The van der Waals surface area contributed by atoms with Gasteiger partial charge in [-0.25, -0.2) is 4.79 Å². The molecule has 0 heterocycles. The summed E-state index contributed by atoms with van der Waals surface area (Å²) in [6.07, 6.45) is 13.9. The average molecular weight is 686 g/mol. The minimum atomic E-state index is -2.48. The van der Waals surface area contributed by atoms with E-state index in [1.54, 1.807) is 37.3 Å². The van der Waals surface area contributed by atoms with Gasteiger partial charge in [0.2, 0.25) is 5.91 Å². The average Bonchev–Trinajstić information content (AvgIpc) is 3.09. The maximum atomic E-state index is 13.7. The summed E-state index contributed by atoms with van der Waals surface area (Å²) in [4.78, 5) is 51.4. The summed E-state index contributed by atoms with van der Waals surface area (Å²) in [5.74, 6) is 2.27. The van der Waals surface area contributed by atoms with Crippen LogP contribution in [-0.2, 0) is 30.3 Å². The Hall–Kier alpha value is -3.52. The highest BCUT2D eigenvalue weighted by Crippen LogP contribution is 2.26. The Labute approximate surface area is 293 Å². The molecule has 0 bridgehead atoms. The summed E-state index contributed by atoms with van der Waals surface area (Å²) in [5, 5.41) is 33.4. The topological polar surface area (TPSA) is 159 Å². The van der Waals surface area contributed by atoms with E-state index >= 15 is 0 Å². The van der Waals surface area contributed by atoms with Gasteiger partial charge in [0, 0.05) is 46.0 Å². The van der Waals surface area contributed by atoms with Crippen LogP contribution >= 0.6 is 0 Å². The first-order valence-electron chi connectivity index (χ1n) is 17.8. The maximum absolute atomic E-state index is 13.7. The highest BCUT2D eigenvalue weighted by molar-refractivity contribution is 5.94. The van der Waals surface area contributed by atoms with Crippen molar-refractivity contribution in [1.82, 2.24) is 5.32 Å². The molecule has 274 valence electrons. The number of rotatable bonds is 29. The van der Waals surface area contributed by atoms with E-state index in [0.717, 1.165) is 44.1 Å². The quantitative estimate of drug-likeness (QED) is 0.0468. The number of nitrogens with one attached hydrogen (secondary N) is 1. The molecule has 0 aliphatic rings. The van der Waals surface area contributed by atoms with Crippen LogP contribution in [0.25, 0.3) is 0 Å². The smallest absolute Gasteiger partial charge is 0.336 e. The zero-order valence-electron chi connectivity index (χ0n) is 29.8. The van der Waals surface area contributed by atoms with E-state index in [4.69, 9.17) is 9.47 Å². The van der Waals surface area contributed by atoms with E-state index in [1.165, 1.54) is 32.4 Å². The Morgan fingerprint density at radius 2 is 1.59 bits per heavy atom. The number of ether oxygens (including phenoxy) is 2. The first-order valence-corrected chi connectivity index (χ1v) is 17.8. The molecule has 0 saturated heterocycles. The van der Waals surface area contributed by atoms with Crippen molar-refractivity contribution in [3.05, 3.63) is 42.0 Å². The summed E-state index contributed by atoms with van der Waals surface area (Å²) in [5.41, 5.74) is -1.75. The van der Waals surface area contributed by atoms with E-state index in [2.05, 4.69) is 24.1 Å². The van der Waals surface area contributed by atoms with Crippen molar-refractivity contribution < 1.29 is 44.0 Å². The zero-order valence-corrected chi connectivity index (χ0v) is 29.8. The van der Waals surface area contributed by atoms with Crippen LogP contribution < -0.4 is 10.1 Å². The highest BCUT2D eigenvalue weighted by atomic mass is 16.5. The third kappa shape index (κ3) is 18.2. The highest BCUT2D eigenvalue weighted by Gasteiger charge is 2.47. The van der Waals surface area contributed by atoms with Crippen LogP contribution in [0.2, 0.25) is 0 Å². The van der Waals surface area contributed by atoms with Gasteiger partial charge >= 0.3 is 5.97 Å². The number of hydrogen-bond donors (Lipinski definition) is 4. The van der Waals surface area contributed by atoms with Crippen molar-refractivity contribution in [2.24, 2.45) is 5.92 Å². The van der Waals surface area contributed by atoms with E-state index in [1.807, 2.05) is 0 Å². The van der Waals surface area contributed by atoms with Crippen LogP contribution in [0.4, 0.5) is 0 Å². The van der Waals surface area contributed by atoms with Crippen LogP contribution in [0.1, 0.15) is 116 Å². The van der Waals surface area contributed by atoms with Gasteiger partial charge in [0.1, 0.15) is 18.1 Å². The van der Waals surface area contributed by atoms with Gasteiger partial charge in [-0.1, -0.05) is 75.7 Å². The molecule has 0 aliphatic carbocycles. The number of allylic oxidation sites excluding steroid dienone is 1. The molecule has 4 N–H and O–H groups in total. The number of amides is 1. The van der Waals surface area contributed by atoms with Crippen molar-refractivity contribution in [2.75, 3.05) is 26.9 Å². The van der Waals surface area contributed by atoms with Crippen molar-refractivity contribution in [1.29, 1.82) is 0 Å². The Balaban J connectivity index is 2.95. The summed E-state index contributed by atoms with van der Waals surface area (Å²) in [7, 11) is 1.37. The van der Waals surface area contributed by atoms with E-state index in [9.17, 15) is 34.5 Å². The molecular formula is C39H59NO9.